The number of hydrogen-bond donors (Lipinski definition) is 2. The van der Waals surface area contributed by atoms with E-state index >= 15 is 0 Å². The normalized spacial score (nSPS) is 20.9. The van der Waals surface area contributed by atoms with Crippen LogP contribution in [0.25, 0.3) is 0 Å². The van der Waals surface area contributed by atoms with Crippen LogP contribution in [0.4, 0.5) is 5.69 Å². The maximum atomic E-state index is 12.5. The highest BCUT2D eigenvalue weighted by atomic mass is 16.4. The summed E-state index contributed by atoms with van der Waals surface area (Å²) >= 11 is 0. The molecule has 0 aromatic heterocycles. The van der Waals surface area contributed by atoms with Crippen molar-refractivity contribution in [2.24, 2.45) is 0 Å². The van der Waals surface area contributed by atoms with E-state index in [2.05, 4.69) is 5.32 Å². The number of nitrogens with zero attached hydrogens (tertiary/aromatic N) is 1. The van der Waals surface area contributed by atoms with Crippen molar-refractivity contribution < 1.29 is 19.5 Å². The number of carboxylic acid groups (broad SMARTS) is 1. The molecule has 2 N–H and O–H groups in total. The number of fused-ring (bicyclic) bond motifs is 1. The van der Waals surface area contributed by atoms with Crippen LogP contribution in [0.5, 0.6) is 0 Å². The lowest BCUT2D eigenvalue weighted by Gasteiger charge is -2.33. The third-order valence-electron chi connectivity index (χ3n) is 4.03. The lowest BCUT2D eigenvalue weighted by Crippen LogP contribution is -2.47. The lowest BCUT2D eigenvalue weighted by molar-refractivity contribution is -0.143. The molecule has 2 aliphatic heterocycles. The Kier molecular flexibility index (Phi) is 3.37. The zero-order valence-electron chi connectivity index (χ0n) is 11.5. The SMILES string of the molecule is O=C1Cc2ccc(C(=O)N3CCCCC3C(=O)O)cc2N1. The number of carbonyl (C=O) groups is 3. The summed E-state index contributed by atoms with van der Waals surface area (Å²) in [4.78, 5) is 36.6. The van der Waals surface area contributed by atoms with Gasteiger partial charge < -0.3 is 15.3 Å². The van der Waals surface area contributed by atoms with E-state index in [9.17, 15) is 19.5 Å². The second-order valence-electron chi connectivity index (χ2n) is 5.45. The minimum atomic E-state index is -0.961. The Morgan fingerprint density at radius 3 is 2.86 bits per heavy atom. The van der Waals surface area contributed by atoms with Gasteiger partial charge in [-0.05, 0) is 37.0 Å². The van der Waals surface area contributed by atoms with E-state index in [1.54, 1.807) is 18.2 Å². The fourth-order valence-electron chi connectivity index (χ4n) is 2.94. The summed E-state index contributed by atoms with van der Waals surface area (Å²) in [7, 11) is 0. The summed E-state index contributed by atoms with van der Waals surface area (Å²) < 4.78 is 0. The van der Waals surface area contributed by atoms with E-state index in [0.717, 1.165) is 18.4 Å². The van der Waals surface area contributed by atoms with Gasteiger partial charge in [0.05, 0.1) is 6.42 Å². The average Bonchev–Trinajstić information content (AvgIpc) is 2.85. The monoisotopic (exact) mass is 288 g/mol. The van der Waals surface area contributed by atoms with Gasteiger partial charge in [0.25, 0.3) is 5.91 Å². The predicted octanol–water partition coefficient (Wildman–Crippen LogP) is 1.26. The molecular weight excluding hydrogens is 272 g/mol. The number of anilines is 1. The predicted molar refractivity (Wildman–Crippen MR) is 75.1 cm³/mol. The van der Waals surface area contributed by atoms with Gasteiger partial charge >= 0.3 is 5.97 Å². The zero-order valence-corrected chi connectivity index (χ0v) is 11.5. The molecule has 2 heterocycles. The molecular formula is C15H16N2O4. The van der Waals surface area contributed by atoms with Crippen LogP contribution < -0.4 is 5.32 Å². The third-order valence-corrected chi connectivity index (χ3v) is 4.03. The van der Waals surface area contributed by atoms with Gasteiger partial charge in [0.15, 0.2) is 0 Å². The number of likely N-dealkylation sites (tertiary alicyclic amines) is 1. The van der Waals surface area contributed by atoms with E-state index in [0.29, 0.717) is 30.6 Å². The number of piperidine rings is 1. The highest BCUT2D eigenvalue weighted by Gasteiger charge is 2.33. The Bertz CT molecular complexity index is 626. The number of amides is 2. The average molecular weight is 288 g/mol. The number of benzene rings is 1. The van der Waals surface area contributed by atoms with Crippen LogP contribution >= 0.6 is 0 Å². The topological polar surface area (TPSA) is 86.7 Å². The van der Waals surface area contributed by atoms with E-state index in [-0.39, 0.29) is 11.8 Å². The molecule has 0 spiro atoms. The zero-order chi connectivity index (χ0) is 15.0. The number of nitrogens with one attached hydrogen (secondary N) is 1. The second-order valence-corrected chi connectivity index (χ2v) is 5.45. The molecule has 1 saturated heterocycles. The van der Waals surface area contributed by atoms with Crippen molar-refractivity contribution in [3.8, 4) is 0 Å². The van der Waals surface area contributed by atoms with Crippen LogP contribution in [-0.2, 0) is 16.0 Å². The fraction of sp³-hybridized carbons (Fsp3) is 0.400. The molecule has 1 atom stereocenters. The van der Waals surface area contributed by atoms with Gasteiger partial charge in [-0.1, -0.05) is 6.07 Å². The Labute approximate surface area is 121 Å². The van der Waals surface area contributed by atoms with Crippen molar-refractivity contribution in [3.63, 3.8) is 0 Å². The van der Waals surface area contributed by atoms with Crippen LogP contribution in [0.3, 0.4) is 0 Å². The van der Waals surface area contributed by atoms with Gasteiger partial charge in [0.1, 0.15) is 6.04 Å². The smallest absolute Gasteiger partial charge is 0.326 e. The van der Waals surface area contributed by atoms with Gasteiger partial charge in [-0.3, -0.25) is 9.59 Å². The molecule has 21 heavy (non-hydrogen) atoms. The Morgan fingerprint density at radius 1 is 1.29 bits per heavy atom. The first kappa shape index (κ1) is 13.6. The van der Waals surface area contributed by atoms with E-state index in [1.165, 1.54) is 4.90 Å². The molecule has 1 aromatic carbocycles. The number of rotatable bonds is 2. The summed E-state index contributed by atoms with van der Waals surface area (Å²) in [6.07, 6.45) is 2.45. The maximum absolute atomic E-state index is 12.5. The molecule has 0 saturated carbocycles. The summed E-state index contributed by atoms with van der Waals surface area (Å²) in [6.45, 7) is 0.458. The quantitative estimate of drug-likeness (QED) is 0.857. The van der Waals surface area contributed by atoms with Crippen molar-refractivity contribution in [1.82, 2.24) is 4.90 Å². The van der Waals surface area contributed by atoms with Gasteiger partial charge in [0.2, 0.25) is 5.91 Å². The molecule has 2 aliphatic rings. The molecule has 3 rings (SSSR count). The van der Waals surface area contributed by atoms with E-state index in [1.807, 2.05) is 0 Å². The maximum Gasteiger partial charge on any atom is 0.326 e. The first-order valence-electron chi connectivity index (χ1n) is 7.03. The molecule has 0 radical (unpaired) electrons. The van der Waals surface area contributed by atoms with Crippen molar-refractivity contribution >= 4 is 23.5 Å². The molecule has 110 valence electrons. The van der Waals surface area contributed by atoms with Gasteiger partial charge in [-0.25, -0.2) is 4.79 Å². The minimum absolute atomic E-state index is 0.0871. The third kappa shape index (κ3) is 2.49. The summed E-state index contributed by atoms with van der Waals surface area (Å²) in [5.41, 5.74) is 1.93. The number of carbonyl (C=O) groups excluding carboxylic acids is 2. The van der Waals surface area contributed by atoms with Crippen LogP contribution in [0.2, 0.25) is 0 Å². The van der Waals surface area contributed by atoms with Crippen molar-refractivity contribution in [2.75, 3.05) is 11.9 Å². The molecule has 1 aromatic rings. The number of hydrogen-bond acceptors (Lipinski definition) is 3. The van der Waals surface area contributed by atoms with Gasteiger partial charge in [0, 0.05) is 17.8 Å². The first-order valence-corrected chi connectivity index (χ1v) is 7.03. The van der Waals surface area contributed by atoms with Crippen LogP contribution in [0.15, 0.2) is 18.2 Å². The van der Waals surface area contributed by atoms with E-state index in [4.69, 9.17) is 0 Å². The summed E-state index contributed by atoms with van der Waals surface area (Å²) in [5.74, 6) is -1.33. The summed E-state index contributed by atoms with van der Waals surface area (Å²) in [5, 5.41) is 11.9. The van der Waals surface area contributed by atoms with Crippen LogP contribution in [0.1, 0.15) is 35.2 Å². The Balaban J connectivity index is 1.86. The highest BCUT2D eigenvalue weighted by Crippen LogP contribution is 2.26. The van der Waals surface area contributed by atoms with Crippen LogP contribution in [-0.4, -0.2) is 40.4 Å². The van der Waals surface area contributed by atoms with Crippen molar-refractivity contribution in [2.45, 2.75) is 31.7 Å². The van der Waals surface area contributed by atoms with Crippen molar-refractivity contribution in [3.05, 3.63) is 29.3 Å². The van der Waals surface area contributed by atoms with Gasteiger partial charge in [-0.15, -0.1) is 0 Å². The Morgan fingerprint density at radius 2 is 2.10 bits per heavy atom. The van der Waals surface area contributed by atoms with E-state index < -0.39 is 12.0 Å². The highest BCUT2D eigenvalue weighted by molar-refractivity contribution is 6.03. The molecule has 1 unspecified atom stereocenters. The lowest BCUT2D eigenvalue weighted by atomic mass is 10.00. The Hall–Kier alpha value is -2.37. The molecule has 1 fully saturated rings. The molecule has 6 heteroatoms. The molecule has 0 aliphatic carbocycles. The second kappa shape index (κ2) is 5.20. The van der Waals surface area contributed by atoms with Crippen LogP contribution in [0, 0.1) is 0 Å². The molecule has 0 bridgehead atoms. The molecule has 2 amide bonds. The van der Waals surface area contributed by atoms with Crippen molar-refractivity contribution in [1.29, 1.82) is 0 Å². The minimum Gasteiger partial charge on any atom is -0.480 e. The first-order chi connectivity index (χ1) is 10.1. The number of carboxylic acids is 1. The standard InChI is InChI=1S/C15H16N2O4/c18-13-8-9-4-5-10(7-11(9)16-13)14(19)17-6-2-1-3-12(17)15(20)21/h4-5,7,12H,1-3,6,8H2,(H,16,18)(H,20,21). The molecule has 6 nitrogen and oxygen atoms in total. The summed E-state index contributed by atoms with van der Waals surface area (Å²) in [6, 6.07) is 4.29. The van der Waals surface area contributed by atoms with Gasteiger partial charge in [-0.2, -0.15) is 0 Å². The number of aliphatic carboxylic acids is 1. The largest absolute Gasteiger partial charge is 0.480 e. The fourth-order valence-corrected chi connectivity index (χ4v) is 2.94.